The Morgan fingerprint density at radius 1 is 1.25 bits per heavy atom. The third-order valence-corrected chi connectivity index (χ3v) is 2.33. The van der Waals surface area contributed by atoms with Crippen LogP contribution in [-0.2, 0) is 0 Å². The van der Waals surface area contributed by atoms with E-state index in [1.807, 2.05) is 12.1 Å². The highest BCUT2D eigenvalue weighted by atomic mass is 35.5. The average molecular weight is 201 g/mol. The molecule has 0 aliphatic heterocycles. The molecule has 1 aromatic carbocycles. The fourth-order valence-electron chi connectivity index (χ4n) is 1.05. The lowest BCUT2D eigenvalue weighted by Gasteiger charge is -2.06. The van der Waals surface area contributed by atoms with Gasteiger partial charge in [0.15, 0.2) is 0 Å². The Morgan fingerprint density at radius 2 is 1.92 bits per heavy atom. The van der Waals surface area contributed by atoms with Crippen LogP contribution in [0.25, 0.3) is 0 Å². The molecule has 0 aliphatic carbocycles. The first-order chi connectivity index (χ1) is 5.61. The number of hydrogen-bond acceptors (Lipinski definition) is 0. The van der Waals surface area contributed by atoms with E-state index in [1.54, 1.807) is 0 Å². The summed E-state index contributed by atoms with van der Waals surface area (Å²) >= 11 is 11.5. The molecule has 0 heterocycles. The molecule has 0 spiro atoms. The zero-order valence-electron chi connectivity index (χ0n) is 7.22. The molecular formula is C9H11BCl2. The van der Waals surface area contributed by atoms with Crippen molar-refractivity contribution in [2.45, 2.75) is 19.8 Å². The quantitative estimate of drug-likeness (QED) is 0.645. The van der Waals surface area contributed by atoms with Crippen LogP contribution in [0.3, 0.4) is 0 Å². The predicted octanol–water partition coefficient (Wildman–Crippen LogP) is 2.98. The fraction of sp³-hybridized carbons (Fsp3) is 0.333. The van der Waals surface area contributed by atoms with E-state index in [2.05, 4.69) is 26.0 Å². The van der Waals surface area contributed by atoms with E-state index >= 15 is 0 Å². The van der Waals surface area contributed by atoms with Gasteiger partial charge in [-0.15, -0.1) is 0 Å². The van der Waals surface area contributed by atoms with Gasteiger partial charge in [-0.3, -0.25) is 0 Å². The standard InChI is InChI=1S/C9H11BCl2/c1-7(2)8-4-3-5-9(6-8)10(11)12/h3-7H,1-2H3. The first kappa shape index (κ1) is 9.95. The molecule has 0 saturated carbocycles. The van der Waals surface area contributed by atoms with Crippen LogP contribution in [0.1, 0.15) is 25.3 Å². The third kappa shape index (κ3) is 2.43. The lowest BCUT2D eigenvalue weighted by molar-refractivity contribution is 0.868. The van der Waals surface area contributed by atoms with Crippen LogP contribution >= 0.6 is 22.9 Å². The molecular weight excluding hydrogens is 190 g/mol. The summed E-state index contributed by atoms with van der Waals surface area (Å²) in [6.07, 6.45) is 0. The van der Waals surface area contributed by atoms with Crippen molar-refractivity contribution in [3.8, 4) is 0 Å². The Labute approximate surface area is 83.8 Å². The normalized spacial score (nSPS) is 10.4. The number of hydrogen-bond donors (Lipinski definition) is 0. The van der Waals surface area contributed by atoms with Crippen molar-refractivity contribution in [3.63, 3.8) is 0 Å². The van der Waals surface area contributed by atoms with Crippen LogP contribution < -0.4 is 5.46 Å². The van der Waals surface area contributed by atoms with E-state index in [1.165, 1.54) is 5.56 Å². The van der Waals surface area contributed by atoms with Gasteiger partial charge in [0.2, 0.25) is 0 Å². The highest BCUT2D eigenvalue weighted by molar-refractivity contribution is 7.39. The van der Waals surface area contributed by atoms with Gasteiger partial charge in [-0.2, -0.15) is 22.9 Å². The van der Waals surface area contributed by atoms with Crippen LogP contribution in [-0.4, -0.2) is 5.54 Å². The van der Waals surface area contributed by atoms with Gasteiger partial charge in [0.1, 0.15) is 0 Å². The maximum absolute atomic E-state index is 5.75. The fourth-order valence-corrected chi connectivity index (χ4v) is 1.33. The summed E-state index contributed by atoms with van der Waals surface area (Å²) in [6.45, 7) is 4.30. The highest BCUT2D eigenvalue weighted by Crippen LogP contribution is 2.12. The second-order valence-corrected chi connectivity index (χ2v) is 4.22. The lowest BCUT2D eigenvalue weighted by atomic mass is 9.89. The minimum atomic E-state index is -0.413. The monoisotopic (exact) mass is 200 g/mol. The van der Waals surface area contributed by atoms with E-state index in [9.17, 15) is 0 Å². The first-order valence-corrected chi connectivity index (χ1v) is 4.86. The molecule has 0 fully saturated rings. The molecule has 12 heavy (non-hydrogen) atoms. The third-order valence-electron chi connectivity index (χ3n) is 1.83. The molecule has 1 aromatic rings. The van der Waals surface area contributed by atoms with Gasteiger partial charge in [0.05, 0.1) is 0 Å². The molecule has 64 valence electrons. The maximum atomic E-state index is 5.75. The van der Waals surface area contributed by atoms with Gasteiger partial charge >= 0.3 is 5.54 Å². The molecule has 0 radical (unpaired) electrons. The molecule has 0 saturated heterocycles. The summed E-state index contributed by atoms with van der Waals surface area (Å²) in [5.74, 6) is 0.525. The van der Waals surface area contributed by atoms with Crippen LogP contribution in [0, 0.1) is 0 Å². The number of rotatable bonds is 2. The van der Waals surface area contributed by atoms with Crippen molar-refractivity contribution in [3.05, 3.63) is 29.8 Å². The zero-order valence-corrected chi connectivity index (χ0v) is 8.73. The average Bonchev–Trinajstić information content (AvgIpc) is 2.04. The summed E-state index contributed by atoms with van der Waals surface area (Å²) in [5, 5.41) is 0. The largest absolute Gasteiger partial charge is 0.382 e. The second-order valence-electron chi connectivity index (χ2n) is 3.13. The van der Waals surface area contributed by atoms with Crippen molar-refractivity contribution in [1.82, 2.24) is 0 Å². The minimum Gasteiger partial charge on any atom is -0.165 e. The van der Waals surface area contributed by atoms with Gasteiger partial charge in [0, 0.05) is 0 Å². The summed E-state index contributed by atoms with van der Waals surface area (Å²) in [6, 6.07) is 8.07. The molecule has 3 heteroatoms. The van der Waals surface area contributed by atoms with Crippen LogP contribution in [0.4, 0.5) is 0 Å². The van der Waals surface area contributed by atoms with E-state index in [-0.39, 0.29) is 0 Å². The summed E-state index contributed by atoms with van der Waals surface area (Å²) in [4.78, 5) is 0. The number of halogens is 2. The summed E-state index contributed by atoms with van der Waals surface area (Å²) in [7, 11) is 0. The lowest BCUT2D eigenvalue weighted by Crippen LogP contribution is -2.18. The van der Waals surface area contributed by atoms with E-state index < -0.39 is 5.54 Å². The van der Waals surface area contributed by atoms with Gasteiger partial charge in [-0.1, -0.05) is 38.1 Å². The van der Waals surface area contributed by atoms with Crippen molar-refractivity contribution in [2.75, 3.05) is 0 Å². The van der Waals surface area contributed by atoms with Gasteiger partial charge in [-0.05, 0) is 16.9 Å². The molecule has 0 nitrogen and oxygen atoms in total. The molecule has 1 rings (SSSR count). The van der Waals surface area contributed by atoms with E-state index in [4.69, 9.17) is 22.9 Å². The Balaban J connectivity index is 2.96. The Hall–Kier alpha value is -0.135. The maximum Gasteiger partial charge on any atom is 0.382 e. The molecule has 0 atom stereocenters. The summed E-state index contributed by atoms with van der Waals surface area (Å²) in [5.41, 5.74) is 1.84. The van der Waals surface area contributed by atoms with Crippen LogP contribution in [0.15, 0.2) is 24.3 Å². The Kier molecular flexibility index (Phi) is 3.48. The first-order valence-electron chi connectivity index (χ1n) is 3.99. The molecule has 0 aromatic heterocycles. The van der Waals surface area contributed by atoms with E-state index in [0.29, 0.717) is 5.92 Å². The topological polar surface area (TPSA) is 0 Å². The molecule has 0 amide bonds. The van der Waals surface area contributed by atoms with Gasteiger partial charge in [-0.25, -0.2) is 0 Å². The van der Waals surface area contributed by atoms with Gasteiger partial charge < -0.3 is 0 Å². The van der Waals surface area contributed by atoms with Crippen molar-refractivity contribution >= 4 is 33.9 Å². The van der Waals surface area contributed by atoms with Crippen molar-refractivity contribution < 1.29 is 0 Å². The highest BCUT2D eigenvalue weighted by Gasteiger charge is 2.10. The van der Waals surface area contributed by atoms with Crippen LogP contribution in [0.2, 0.25) is 0 Å². The van der Waals surface area contributed by atoms with E-state index in [0.717, 1.165) is 5.46 Å². The summed E-state index contributed by atoms with van der Waals surface area (Å²) < 4.78 is 0. The zero-order chi connectivity index (χ0) is 9.14. The van der Waals surface area contributed by atoms with Crippen molar-refractivity contribution in [2.24, 2.45) is 0 Å². The van der Waals surface area contributed by atoms with Crippen LogP contribution in [0.5, 0.6) is 0 Å². The molecule has 0 bridgehead atoms. The Morgan fingerprint density at radius 3 is 2.42 bits per heavy atom. The van der Waals surface area contributed by atoms with Gasteiger partial charge in [0.25, 0.3) is 0 Å². The second kappa shape index (κ2) is 4.20. The molecule has 0 N–H and O–H groups in total. The van der Waals surface area contributed by atoms with Crippen molar-refractivity contribution in [1.29, 1.82) is 0 Å². The number of benzene rings is 1. The SMILES string of the molecule is CC(C)c1cccc(B(Cl)Cl)c1. The smallest absolute Gasteiger partial charge is 0.165 e. The molecule has 0 aliphatic rings. The predicted molar refractivity (Wildman–Crippen MR) is 57.6 cm³/mol. The molecule has 0 unspecified atom stereocenters. The Bertz CT molecular complexity index is 235. The minimum absolute atomic E-state index is 0.413.